The number of carboxylic acids is 1. The number of hydrogen-bond donors (Lipinski definition) is 2. The molecule has 1 fully saturated rings. The predicted octanol–water partition coefficient (Wildman–Crippen LogP) is -1.68. The van der Waals surface area contributed by atoms with Crippen molar-refractivity contribution in [1.82, 2.24) is 10.2 Å². The molecule has 1 unspecified atom stereocenters. The lowest BCUT2D eigenvalue weighted by Gasteiger charge is -2.33. The smallest absolute Gasteiger partial charge is 0.304 e. The van der Waals surface area contributed by atoms with Crippen LogP contribution in [0.3, 0.4) is 0 Å². The van der Waals surface area contributed by atoms with Gasteiger partial charge in [-0.3, -0.25) is 14.5 Å². The lowest BCUT2D eigenvalue weighted by Crippen LogP contribution is -2.52. The average molecular weight is 308 g/mol. The van der Waals surface area contributed by atoms with E-state index in [4.69, 9.17) is 9.84 Å². The monoisotopic (exact) mass is 308 g/mol. The van der Waals surface area contributed by atoms with Crippen LogP contribution in [0.5, 0.6) is 0 Å². The van der Waals surface area contributed by atoms with Gasteiger partial charge in [-0.25, -0.2) is 8.42 Å². The third-order valence-electron chi connectivity index (χ3n) is 3.04. The van der Waals surface area contributed by atoms with Gasteiger partial charge >= 0.3 is 5.97 Å². The van der Waals surface area contributed by atoms with Gasteiger partial charge in [0.15, 0.2) is 9.84 Å². The summed E-state index contributed by atoms with van der Waals surface area (Å²) in [7, 11) is -1.71. The first-order valence-corrected chi connectivity index (χ1v) is 8.08. The summed E-state index contributed by atoms with van der Waals surface area (Å²) < 4.78 is 27.9. The first-order chi connectivity index (χ1) is 9.34. The van der Waals surface area contributed by atoms with E-state index in [1.54, 1.807) is 4.90 Å². The van der Waals surface area contributed by atoms with E-state index in [1.165, 1.54) is 7.11 Å². The van der Waals surface area contributed by atoms with E-state index in [2.05, 4.69) is 5.32 Å². The maximum Gasteiger partial charge on any atom is 0.304 e. The molecule has 1 rings (SSSR count). The molecule has 0 radical (unpaired) electrons. The number of methoxy groups -OCH3 is 1. The number of carboxylic acid groups (broad SMARTS) is 1. The highest BCUT2D eigenvalue weighted by Gasteiger charge is 2.33. The maximum absolute atomic E-state index is 11.7. The minimum absolute atomic E-state index is 0.00280. The van der Waals surface area contributed by atoms with E-state index in [0.29, 0.717) is 13.2 Å². The van der Waals surface area contributed by atoms with Crippen molar-refractivity contribution in [3.8, 4) is 0 Å². The van der Waals surface area contributed by atoms with Crippen molar-refractivity contribution in [1.29, 1.82) is 0 Å². The molecule has 0 aliphatic carbocycles. The van der Waals surface area contributed by atoms with Gasteiger partial charge in [-0.1, -0.05) is 0 Å². The van der Waals surface area contributed by atoms with Crippen LogP contribution >= 0.6 is 0 Å². The van der Waals surface area contributed by atoms with Gasteiger partial charge in [0.2, 0.25) is 5.91 Å². The molecule has 1 aliphatic heterocycles. The maximum atomic E-state index is 11.7. The van der Waals surface area contributed by atoms with Gasteiger partial charge in [0.1, 0.15) is 0 Å². The fourth-order valence-corrected chi connectivity index (χ4v) is 3.65. The van der Waals surface area contributed by atoms with E-state index >= 15 is 0 Å². The van der Waals surface area contributed by atoms with Crippen molar-refractivity contribution < 1.29 is 27.9 Å². The summed E-state index contributed by atoms with van der Waals surface area (Å²) >= 11 is 0. The number of amides is 1. The SMILES string of the molecule is COCCNC(=O)CN1CCS(=O)(=O)CC1CC(=O)O. The molecule has 0 aromatic carbocycles. The molecule has 1 heterocycles. The van der Waals surface area contributed by atoms with Gasteiger partial charge in [-0.15, -0.1) is 0 Å². The van der Waals surface area contributed by atoms with Crippen molar-refractivity contribution in [2.75, 3.05) is 44.9 Å². The van der Waals surface area contributed by atoms with Gasteiger partial charge in [-0.05, 0) is 0 Å². The summed E-state index contributed by atoms with van der Waals surface area (Å²) in [6.45, 7) is 0.929. The third-order valence-corrected chi connectivity index (χ3v) is 4.73. The molecule has 0 aromatic rings. The minimum Gasteiger partial charge on any atom is -0.481 e. The summed E-state index contributed by atoms with van der Waals surface area (Å²) in [5.41, 5.74) is 0. The Bertz CT molecular complexity index is 450. The Morgan fingerprint density at radius 3 is 2.75 bits per heavy atom. The van der Waals surface area contributed by atoms with Crippen molar-refractivity contribution in [2.45, 2.75) is 12.5 Å². The van der Waals surface area contributed by atoms with Crippen molar-refractivity contribution in [3.63, 3.8) is 0 Å². The highest BCUT2D eigenvalue weighted by molar-refractivity contribution is 7.91. The zero-order chi connectivity index (χ0) is 15.2. The lowest BCUT2D eigenvalue weighted by atomic mass is 10.2. The van der Waals surface area contributed by atoms with Gasteiger partial charge in [0.25, 0.3) is 0 Å². The molecule has 1 amide bonds. The molecule has 0 bridgehead atoms. The summed E-state index contributed by atoms with van der Waals surface area (Å²) in [5, 5.41) is 11.4. The van der Waals surface area contributed by atoms with Crippen LogP contribution in [0, 0.1) is 0 Å². The predicted molar refractivity (Wildman–Crippen MR) is 71.2 cm³/mol. The minimum atomic E-state index is -3.22. The molecular weight excluding hydrogens is 288 g/mol. The quantitative estimate of drug-likeness (QED) is 0.540. The molecule has 9 heteroatoms. The van der Waals surface area contributed by atoms with E-state index in [-0.39, 0.29) is 36.9 Å². The van der Waals surface area contributed by atoms with E-state index < -0.39 is 21.8 Å². The molecule has 20 heavy (non-hydrogen) atoms. The zero-order valence-electron chi connectivity index (χ0n) is 11.4. The van der Waals surface area contributed by atoms with Crippen molar-refractivity contribution in [2.24, 2.45) is 0 Å². The number of nitrogens with one attached hydrogen (secondary N) is 1. The normalized spacial score (nSPS) is 22.4. The third kappa shape index (κ3) is 5.85. The number of sulfone groups is 1. The second-order valence-electron chi connectivity index (χ2n) is 4.68. The van der Waals surface area contributed by atoms with E-state index in [1.807, 2.05) is 0 Å². The van der Waals surface area contributed by atoms with Gasteiger partial charge < -0.3 is 15.2 Å². The molecule has 2 N–H and O–H groups in total. The first kappa shape index (κ1) is 16.9. The van der Waals surface area contributed by atoms with Crippen LogP contribution in [-0.4, -0.2) is 81.2 Å². The number of hydrogen-bond acceptors (Lipinski definition) is 6. The summed E-state index contributed by atoms with van der Waals surface area (Å²) in [6, 6.07) is -0.653. The van der Waals surface area contributed by atoms with Crippen LogP contribution in [0.2, 0.25) is 0 Å². The number of nitrogens with zero attached hydrogens (tertiary/aromatic N) is 1. The molecule has 1 saturated heterocycles. The molecule has 0 aromatic heterocycles. The second-order valence-corrected chi connectivity index (χ2v) is 6.91. The highest BCUT2D eigenvalue weighted by atomic mass is 32.2. The fraction of sp³-hybridized carbons (Fsp3) is 0.818. The van der Waals surface area contributed by atoms with Crippen LogP contribution in [0.25, 0.3) is 0 Å². The van der Waals surface area contributed by atoms with E-state index in [9.17, 15) is 18.0 Å². The number of rotatable bonds is 7. The number of carbonyl (C=O) groups is 2. The second kappa shape index (κ2) is 7.55. The Kier molecular flexibility index (Phi) is 6.37. The van der Waals surface area contributed by atoms with Gasteiger partial charge in [0.05, 0.1) is 31.1 Å². The molecule has 0 spiro atoms. The topological polar surface area (TPSA) is 113 Å². The van der Waals surface area contributed by atoms with Crippen LogP contribution in [0.1, 0.15) is 6.42 Å². The van der Waals surface area contributed by atoms with Crippen molar-refractivity contribution >= 4 is 21.7 Å². The molecule has 116 valence electrons. The van der Waals surface area contributed by atoms with Crippen LogP contribution in [-0.2, 0) is 24.2 Å². The van der Waals surface area contributed by atoms with Gasteiger partial charge in [0, 0.05) is 26.2 Å². The Morgan fingerprint density at radius 1 is 1.45 bits per heavy atom. The summed E-state index contributed by atoms with van der Waals surface area (Å²) in [4.78, 5) is 24.1. The zero-order valence-corrected chi connectivity index (χ0v) is 12.2. The Hall–Kier alpha value is -1.19. The Labute approximate surface area is 118 Å². The molecule has 8 nitrogen and oxygen atoms in total. The van der Waals surface area contributed by atoms with Crippen molar-refractivity contribution in [3.05, 3.63) is 0 Å². The summed E-state index contributed by atoms with van der Waals surface area (Å²) in [6.07, 6.45) is -0.287. The Morgan fingerprint density at radius 2 is 2.15 bits per heavy atom. The fourth-order valence-electron chi connectivity index (χ4n) is 2.05. The molecule has 0 saturated carbocycles. The molecule has 1 atom stereocenters. The number of aliphatic carboxylic acids is 1. The lowest BCUT2D eigenvalue weighted by molar-refractivity contribution is -0.138. The van der Waals surface area contributed by atoms with Gasteiger partial charge in [-0.2, -0.15) is 0 Å². The molecular formula is C11H20N2O6S. The number of carbonyl (C=O) groups excluding carboxylic acids is 1. The number of ether oxygens (including phenoxy) is 1. The standard InChI is InChI=1S/C11H20N2O6S/c1-19-4-2-12-10(14)7-13-3-5-20(17,18)8-9(13)6-11(15)16/h9H,2-8H2,1H3,(H,12,14)(H,15,16). The van der Waals surface area contributed by atoms with E-state index in [0.717, 1.165) is 0 Å². The van der Waals surface area contributed by atoms with Crippen LogP contribution in [0.15, 0.2) is 0 Å². The average Bonchev–Trinajstić information content (AvgIpc) is 2.32. The summed E-state index contributed by atoms with van der Waals surface area (Å²) in [5.74, 6) is -1.60. The highest BCUT2D eigenvalue weighted by Crippen LogP contribution is 2.14. The largest absolute Gasteiger partial charge is 0.481 e. The first-order valence-electron chi connectivity index (χ1n) is 6.26. The Balaban J connectivity index is 2.56. The van der Waals surface area contributed by atoms with Crippen LogP contribution in [0.4, 0.5) is 0 Å². The van der Waals surface area contributed by atoms with Crippen LogP contribution < -0.4 is 5.32 Å². The molecule has 1 aliphatic rings.